The third-order valence-electron chi connectivity index (χ3n) is 1.81. The lowest BCUT2D eigenvalue weighted by Crippen LogP contribution is -2.31. The molecule has 0 spiro atoms. The van der Waals surface area contributed by atoms with Gasteiger partial charge < -0.3 is 14.8 Å². The number of hydrogen-bond acceptors (Lipinski definition) is 3. The number of nitrogens with one attached hydrogen (secondary N) is 1. The summed E-state index contributed by atoms with van der Waals surface area (Å²) in [7, 11) is 1.58. The second kappa shape index (κ2) is 7.09. The predicted octanol–water partition coefficient (Wildman–Crippen LogP) is 1.48. The number of carbonyl (C=O) groups is 1. The van der Waals surface area contributed by atoms with Crippen molar-refractivity contribution in [3.8, 4) is 5.75 Å². The fourth-order valence-corrected chi connectivity index (χ4v) is 1.15. The molecule has 0 bridgehead atoms. The van der Waals surface area contributed by atoms with Gasteiger partial charge in [-0.05, 0) is 24.3 Å². The Hall–Kier alpha value is -1.26. The van der Waals surface area contributed by atoms with E-state index in [9.17, 15) is 4.79 Å². The van der Waals surface area contributed by atoms with Crippen molar-refractivity contribution < 1.29 is 14.3 Å². The summed E-state index contributed by atoms with van der Waals surface area (Å²) in [5.74, 6) is 0.443. The first kappa shape index (κ1) is 12.8. The number of rotatable bonds is 6. The Morgan fingerprint density at radius 1 is 1.38 bits per heavy atom. The van der Waals surface area contributed by atoms with E-state index in [1.165, 1.54) is 0 Å². The summed E-state index contributed by atoms with van der Waals surface area (Å²) in [4.78, 5) is 11.2. The highest BCUT2D eigenvalue weighted by Gasteiger charge is 2.01. The molecule has 0 saturated carbocycles. The fourth-order valence-electron chi connectivity index (χ4n) is 1.02. The van der Waals surface area contributed by atoms with Crippen LogP contribution in [0.2, 0.25) is 5.02 Å². The maximum Gasteiger partial charge on any atom is 0.258 e. The average Bonchev–Trinajstić information content (AvgIpc) is 2.29. The Labute approximate surface area is 99.5 Å². The normalized spacial score (nSPS) is 9.88. The number of carbonyl (C=O) groups excluding carboxylic acids is 1. The molecule has 0 fully saturated rings. The van der Waals surface area contributed by atoms with Crippen LogP contribution in [-0.2, 0) is 9.53 Å². The lowest BCUT2D eigenvalue weighted by molar-refractivity contribution is -0.123. The summed E-state index contributed by atoms with van der Waals surface area (Å²) in [6, 6.07) is 6.84. The number of halogens is 1. The zero-order chi connectivity index (χ0) is 11.8. The highest BCUT2D eigenvalue weighted by molar-refractivity contribution is 6.30. The maximum atomic E-state index is 11.2. The number of ether oxygens (including phenoxy) is 2. The molecule has 0 heterocycles. The molecule has 0 aliphatic carbocycles. The van der Waals surface area contributed by atoms with Crippen LogP contribution in [0, 0.1) is 0 Å². The first-order valence-electron chi connectivity index (χ1n) is 4.86. The predicted molar refractivity (Wildman–Crippen MR) is 61.8 cm³/mol. The van der Waals surface area contributed by atoms with Crippen molar-refractivity contribution in [2.75, 3.05) is 26.9 Å². The fraction of sp³-hybridized carbons (Fsp3) is 0.364. The zero-order valence-corrected chi connectivity index (χ0v) is 9.79. The molecule has 88 valence electrons. The summed E-state index contributed by atoms with van der Waals surface area (Å²) in [6.07, 6.45) is 0. The van der Waals surface area contributed by atoms with Crippen LogP contribution in [0.1, 0.15) is 0 Å². The zero-order valence-electron chi connectivity index (χ0n) is 9.03. The second-order valence-electron chi connectivity index (χ2n) is 3.09. The highest BCUT2D eigenvalue weighted by Crippen LogP contribution is 2.15. The van der Waals surface area contributed by atoms with Gasteiger partial charge in [-0.15, -0.1) is 0 Å². The smallest absolute Gasteiger partial charge is 0.258 e. The van der Waals surface area contributed by atoms with Gasteiger partial charge in [-0.25, -0.2) is 0 Å². The lowest BCUT2D eigenvalue weighted by Gasteiger charge is -2.06. The molecule has 0 unspecified atom stereocenters. The van der Waals surface area contributed by atoms with Crippen molar-refractivity contribution >= 4 is 17.5 Å². The van der Waals surface area contributed by atoms with Crippen molar-refractivity contribution in [3.63, 3.8) is 0 Å². The SMILES string of the molecule is COCCNC(=O)COc1ccc(Cl)cc1. The first-order valence-corrected chi connectivity index (χ1v) is 5.24. The maximum absolute atomic E-state index is 11.2. The van der Waals surface area contributed by atoms with Gasteiger partial charge in [0, 0.05) is 18.7 Å². The van der Waals surface area contributed by atoms with E-state index in [1.54, 1.807) is 31.4 Å². The molecular weight excluding hydrogens is 230 g/mol. The number of amides is 1. The van der Waals surface area contributed by atoms with Gasteiger partial charge in [0.25, 0.3) is 5.91 Å². The summed E-state index contributed by atoms with van der Waals surface area (Å²) in [6.45, 7) is 0.970. The topological polar surface area (TPSA) is 47.6 Å². The summed E-state index contributed by atoms with van der Waals surface area (Å²) >= 11 is 5.71. The van der Waals surface area contributed by atoms with Crippen molar-refractivity contribution in [2.45, 2.75) is 0 Å². The first-order chi connectivity index (χ1) is 7.72. The van der Waals surface area contributed by atoms with E-state index in [4.69, 9.17) is 21.1 Å². The molecule has 5 heteroatoms. The van der Waals surface area contributed by atoms with Crippen LogP contribution in [0.4, 0.5) is 0 Å². The minimum Gasteiger partial charge on any atom is -0.484 e. The van der Waals surface area contributed by atoms with Crippen LogP contribution in [0.5, 0.6) is 5.75 Å². The standard InChI is InChI=1S/C11H14ClNO3/c1-15-7-6-13-11(14)8-16-10-4-2-9(12)3-5-10/h2-5H,6-8H2,1H3,(H,13,14). The molecular formula is C11H14ClNO3. The van der Waals surface area contributed by atoms with Gasteiger partial charge in [-0.1, -0.05) is 11.6 Å². The van der Waals surface area contributed by atoms with E-state index in [-0.39, 0.29) is 12.5 Å². The molecule has 16 heavy (non-hydrogen) atoms. The van der Waals surface area contributed by atoms with Gasteiger partial charge in [-0.3, -0.25) is 4.79 Å². The second-order valence-corrected chi connectivity index (χ2v) is 3.52. The summed E-state index contributed by atoms with van der Waals surface area (Å²) < 4.78 is 10.0. The van der Waals surface area contributed by atoms with Gasteiger partial charge in [0.05, 0.1) is 6.61 Å². The van der Waals surface area contributed by atoms with Gasteiger partial charge in [-0.2, -0.15) is 0 Å². The average molecular weight is 244 g/mol. The molecule has 1 N–H and O–H groups in total. The molecule has 0 saturated heterocycles. The van der Waals surface area contributed by atoms with Crippen molar-refractivity contribution in [1.82, 2.24) is 5.32 Å². The van der Waals surface area contributed by atoms with Crippen molar-refractivity contribution in [1.29, 1.82) is 0 Å². The van der Waals surface area contributed by atoms with Gasteiger partial charge in [0.1, 0.15) is 5.75 Å². The molecule has 0 aliphatic heterocycles. The largest absolute Gasteiger partial charge is 0.484 e. The quantitative estimate of drug-likeness (QED) is 0.770. The van der Waals surface area contributed by atoms with Crippen LogP contribution in [0.25, 0.3) is 0 Å². The number of methoxy groups -OCH3 is 1. The number of benzene rings is 1. The minimum absolute atomic E-state index is 0.00858. The van der Waals surface area contributed by atoms with Crippen molar-refractivity contribution in [3.05, 3.63) is 29.3 Å². The Kier molecular flexibility index (Phi) is 5.67. The molecule has 1 amide bonds. The summed E-state index contributed by atoms with van der Waals surface area (Å²) in [5.41, 5.74) is 0. The van der Waals surface area contributed by atoms with E-state index in [2.05, 4.69) is 5.32 Å². The van der Waals surface area contributed by atoms with E-state index in [1.807, 2.05) is 0 Å². The van der Waals surface area contributed by atoms with Crippen LogP contribution in [0.3, 0.4) is 0 Å². The third-order valence-corrected chi connectivity index (χ3v) is 2.06. The molecule has 1 aromatic carbocycles. The van der Waals surface area contributed by atoms with E-state index in [0.29, 0.717) is 23.9 Å². The van der Waals surface area contributed by atoms with E-state index < -0.39 is 0 Å². The number of hydrogen-bond donors (Lipinski definition) is 1. The van der Waals surface area contributed by atoms with Crippen LogP contribution in [-0.4, -0.2) is 32.8 Å². The Bertz CT molecular complexity index is 327. The minimum atomic E-state index is -0.174. The van der Waals surface area contributed by atoms with Gasteiger partial charge in [0.2, 0.25) is 0 Å². The molecule has 4 nitrogen and oxygen atoms in total. The Morgan fingerprint density at radius 2 is 2.06 bits per heavy atom. The highest BCUT2D eigenvalue weighted by atomic mass is 35.5. The van der Waals surface area contributed by atoms with E-state index >= 15 is 0 Å². The molecule has 0 aromatic heterocycles. The van der Waals surface area contributed by atoms with Crippen molar-refractivity contribution in [2.24, 2.45) is 0 Å². The molecule has 0 aliphatic rings. The van der Waals surface area contributed by atoms with Crippen LogP contribution >= 0.6 is 11.6 Å². The molecule has 0 atom stereocenters. The van der Waals surface area contributed by atoms with Gasteiger partial charge in [0.15, 0.2) is 6.61 Å². The Balaban J connectivity index is 2.23. The van der Waals surface area contributed by atoms with Crippen LogP contribution < -0.4 is 10.1 Å². The van der Waals surface area contributed by atoms with E-state index in [0.717, 1.165) is 0 Å². The molecule has 1 aromatic rings. The lowest BCUT2D eigenvalue weighted by atomic mass is 10.3. The van der Waals surface area contributed by atoms with Gasteiger partial charge >= 0.3 is 0 Å². The molecule has 0 radical (unpaired) electrons. The third kappa shape index (κ3) is 5.00. The Morgan fingerprint density at radius 3 is 2.69 bits per heavy atom. The monoisotopic (exact) mass is 243 g/mol. The molecule has 1 rings (SSSR count). The summed E-state index contributed by atoms with van der Waals surface area (Å²) in [5, 5.41) is 3.29. The van der Waals surface area contributed by atoms with Crippen LogP contribution in [0.15, 0.2) is 24.3 Å².